The molecule has 0 unspecified atom stereocenters. The molecule has 1 aliphatic carbocycles. The Morgan fingerprint density at radius 1 is 1.00 bits per heavy atom. The van der Waals surface area contributed by atoms with Crippen molar-refractivity contribution in [1.29, 1.82) is 0 Å². The molecule has 1 saturated carbocycles. The first kappa shape index (κ1) is 18.6. The second-order valence-electron chi connectivity index (χ2n) is 6.60. The molecule has 0 atom stereocenters. The molecule has 0 aliphatic heterocycles. The summed E-state index contributed by atoms with van der Waals surface area (Å²) in [6.07, 6.45) is 2.02. The maximum Gasteiger partial charge on any atom is 0.260 e. The average Bonchev–Trinajstić information content (AvgIpc) is 3.50. The average molecular weight is 366 g/mol. The molecule has 0 saturated heterocycles. The maximum atomic E-state index is 12.4. The molecular weight excluding hydrogens is 344 g/mol. The number of carbonyl (C=O) groups excluding carboxylic acids is 3. The van der Waals surface area contributed by atoms with Gasteiger partial charge in [0.1, 0.15) is 5.75 Å². The van der Waals surface area contributed by atoms with Crippen molar-refractivity contribution in [3.05, 3.63) is 65.7 Å². The summed E-state index contributed by atoms with van der Waals surface area (Å²) in [5.41, 5.74) is 1.17. The zero-order valence-corrected chi connectivity index (χ0v) is 15.2. The third-order valence-corrected chi connectivity index (χ3v) is 4.26. The predicted molar refractivity (Wildman–Crippen MR) is 101 cm³/mol. The van der Waals surface area contributed by atoms with Gasteiger partial charge in [-0.15, -0.1) is 0 Å². The van der Waals surface area contributed by atoms with Crippen LogP contribution >= 0.6 is 0 Å². The van der Waals surface area contributed by atoms with Gasteiger partial charge in [0.2, 0.25) is 5.91 Å². The lowest BCUT2D eigenvalue weighted by Crippen LogP contribution is -2.40. The highest BCUT2D eigenvalue weighted by molar-refractivity contribution is 6.09. The first-order valence-electron chi connectivity index (χ1n) is 8.89. The van der Waals surface area contributed by atoms with Gasteiger partial charge in [-0.1, -0.05) is 30.3 Å². The Hall–Kier alpha value is -3.15. The summed E-state index contributed by atoms with van der Waals surface area (Å²) in [6.45, 7) is -0.150. The number of hydrogen-bond acceptors (Lipinski definition) is 4. The highest BCUT2D eigenvalue weighted by Crippen LogP contribution is 2.18. The van der Waals surface area contributed by atoms with Crippen molar-refractivity contribution in [1.82, 2.24) is 10.2 Å². The van der Waals surface area contributed by atoms with E-state index in [9.17, 15) is 14.4 Å². The number of ether oxygens (including phenoxy) is 1. The van der Waals surface area contributed by atoms with Crippen molar-refractivity contribution < 1.29 is 19.1 Å². The van der Waals surface area contributed by atoms with Crippen LogP contribution in [0.2, 0.25) is 0 Å². The van der Waals surface area contributed by atoms with Gasteiger partial charge in [0.25, 0.3) is 5.91 Å². The molecule has 0 aromatic heterocycles. The Morgan fingerprint density at radius 2 is 1.63 bits per heavy atom. The van der Waals surface area contributed by atoms with Crippen LogP contribution in [0, 0.1) is 0 Å². The molecule has 0 radical (unpaired) electrons. The molecule has 140 valence electrons. The van der Waals surface area contributed by atoms with Gasteiger partial charge in [0.15, 0.2) is 12.4 Å². The minimum atomic E-state index is -0.287. The number of benzene rings is 2. The lowest BCUT2D eigenvalue weighted by Gasteiger charge is -2.17. The van der Waals surface area contributed by atoms with E-state index < -0.39 is 0 Å². The fourth-order valence-corrected chi connectivity index (χ4v) is 2.52. The molecule has 2 aromatic carbocycles. The summed E-state index contributed by atoms with van der Waals surface area (Å²) in [7, 11) is 1.57. The maximum absolute atomic E-state index is 12.4. The van der Waals surface area contributed by atoms with E-state index >= 15 is 0 Å². The van der Waals surface area contributed by atoms with E-state index in [1.54, 1.807) is 43.4 Å². The van der Waals surface area contributed by atoms with Crippen LogP contribution in [0.1, 0.15) is 28.8 Å². The summed E-state index contributed by atoms with van der Waals surface area (Å²) < 4.78 is 5.47. The first-order chi connectivity index (χ1) is 13.0. The largest absolute Gasteiger partial charge is 0.484 e. The molecule has 6 heteroatoms. The van der Waals surface area contributed by atoms with E-state index in [0.717, 1.165) is 12.8 Å². The van der Waals surface area contributed by atoms with E-state index in [1.807, 2.05) is 18.2 Å². The molecule has 0 bridgehead atoms. The van der Waals surface area contributed by atoms with E-state index in [1.165, 1.54) is 4.90 Å². The van der Waals surface area contributed by atoms with Crippen LogP contribution in [0.4, 0.5) is 0 Å². The van der Waals surface area contributed by atoms with Crippen LogP contribution in [-0.2, 0) is 9.59 Å². The van der Waals surface area contributed by atoms with Gasteiger partial charge >= 0.3 is 0 Å². The predicted octanol–water partition coefficient (Wildman–Crippen LogP) is 2.03. The molecule has 1 aliphatic rings. The molecule has 27 heavy (non-hydrogen) atoms. The summed E-state index contributed by atoms with van der Waals surface area (Å²) >= 11 is 0. The number of nitrogens with zero attached hydrogens (tertiary/aromatic N) is 1. The molecule has 1 fully saturated rings. The van der Waals surface area contributed by atoms with Crippen LogP contribution in [-0.4, -0.2) is 48.7 Å². The van der Waals surface area contributed by atoms with Crippen molar-refractivity contribution in [2.45, 2.75) is 18.9 Å². The number of carbonyl (C=O) groups is 3. The molecule has 0 heterocycles. The number of amides is 2. The van der Waals surface area contributed by atoms with Gasteiger partial charge in [0.05, 0.1) is 6.54 Å². The van der Waals surface area contributed by atoms with Gasteiger partial charge in [-0.2, -0.15) is 0 Å². The van der Waals surface area contributed by atoms with Crippen LogP contribution < -0.4 is 10.1 Å². The fourth-order valence-electron chi connectivity index (χ4n) is 2.52. The summed E-state index contributed by atoms with van der Waals surface area (Å²) in [5.74, 6) is -0.0223. The second-order valence-corrected chi connectivity index (χ2v) is 6.60. The lowest BCUT2D eigenvalue weighted by atomic mass is 10.0. The fraction of sp³-hybridized carbons (Fsp3) is 0.286. The molecular formula is C21H22N2O4. The van der Waals surface area contributed by atoms with E-state index in [4.69, 9.17) is 4.74 Å². The number of ketones is 1. The highest BCUT2D eigenvalue weighted by Gasteiger charge is 2.24. The van der Waals surface area contributed by atoms with Gasteiger partial charge in [-0.05, 0) is 37.1 Å². The zero-order valence-electron chi connectivity index (χ0n) is 15.2. The quantitative estimate of drug-likeness (QED) is 0.726. The van der Waals surface area contributed by atoms with Gasteiger partial charge in [-0.25, -0.2) is 0 Å². The van der Waals surface area contributed by atoms with E-state index in [2.05, 4.69) is 5.32 Å². The Bertz CT molecular complexity index is 814. The molecule has 1 N–H and O–H groups in total. The second kappa shape index (κ2) is 8.49. The van der Waals surface area contributed by atoms with Gasteiger partial charge in [0, 0.05) is 24.2 Å². The molecule has 0 spiro atoms. The normalized spacial score (nSPS) is 12.9. The van der Waals surface area contributed by atoms with Crippen molar-refractivity contribution in [3.8, 4) is 5.75 Å². The van der Waals surface area contributed by atoms with E-state index in [0.29, 0.717) is 16.9 Å². The van der Waals surface area contributed by atoms with Crippen LogP contribution in [0.5, 0.6) is 5.75 Å². The van der Waals surface area contributed by atoms with Gasteiger partial charge in [-0.3, -0.25) is 14.4 Å². The number of nitrogens with one attached hydrogen (secondary N) is 1. The number of rotatable bonds is 8. The monoisotopic (exact) mass is 366 g/mol. The molecule has 2 amide bonds. The Kier molecular flexibility index (Phi) is 5.86. The van der Waals surface area contributed by atoms with Crippen molar-refractivity contribution in [2.75, 3.05) is 20.2 Å². The van der Waals surface area contributed by atoms with Gasteiger partial charge < -0.3 is 15.0 Å². The van der Waals surface area contributed by atoms with Crippen LogP contribution in [0.15, 0.2) is 54.6 Å². The summed E-state index contributed by atoms with van der Waals surface area (Å²) in [4.78, 5) is 37.5. The minimum absolute atomic E-state index is 0.0171. The Balaban J connectivity index is 1.48. The standard InChI is InChI=1S/C21H22N2O4/c1-23(13-19(24)22-17-9-10-17)20(25)14-27-18-11-7-16(8-12-18)21(26)15-5-3-2-4-6-15/h2-8,11-12,17H,9-10,13-14H2,1H3,(H,22,24). The van der Waals surface area contributed by atoms with Crippen molar-refractivity contribution >= 4 is 17.6 Å². The molecule has 2 aromatic rings. The van der Waals surface area contributed by atoms with Crippen LogP contribution in [0.25, 0.3) is 0 Å². The number of hydrogen-bond donors (Lipinski definition) is 1. The van der Waals surface area contributed by atoms with E-state index in [-0.39, 0.29) is 36.8 Å². The Morgan fingerprint density at radius 3 is 2.26 bits per heavy atom. The van der Waals surface area contributed by atoms with Crippen molar-refractivity contribution in [3.63, 3.8) is 0 Å². The third kappa shape index (κ3) is 5.41. The molecule has 6 nitrogen and oxygen atoms in total. The highest BCUT2D eigenvalue weighted by atomic mass is 16.5. The third-order valence-electron chi connectivity index (χ3n) is 4.26. The SMILES string of the molecule is CN(CC(=O)NC1CC1)C(=O)COc1ccc(C(=O)c2ccccc2)cc1. The van der Waals surface area contributed by atoms with Crippen molar-refractivity contribution in [2.24, 2.45) is 0 Å². The smallest absolute Gasteiger partial charge is 0.260 e. The molecule has 3 rings (SSSR count). The summed E-state index contributed by atoms with van der Waals surface area (Å²) in [5, 5.41) is 2.84. The zero-order chi connectivity index (χ0) is 19.2. The van der Waals surface area contributed by atoms with Crippen LogP contribution in [0.3, 0.4) is 0 Å². The first-order valence-corrected chi connectivity index (χ1v) is 8.89. The topological polar surface area (TPSA) is 75.7 Å². The summed E-state index contributed by atoms with van der Waals surface area (Å²) in [6, 6.07) is 15.9. The minimum Gasteiger partial charge on any atom is -0.484 e. The number of likely N-dealkylation sites (N-methyl/N-ethyl adjacent to an activating group) is 1. The Labute approximate surface area is 158 Å². The lowest BCUT2D eigenvalue weighted by molar-refractivity contribution is -0.136.